The second-order valence-corrected chi connectivity index (χ2v) is 23.8. The summed E-state index contributed by atoms with van der Waals surface area (Å²) in [4.78, 5) is 38.4. The van der Waals surface area contributed by atoms with Crippen molar-refractivity contribution in [1.29, 1.82) is 0 Å². The Hall–Kier alpha value is -3.41. The van der Waals surface area contributed by atoms with Crippen LogP contribution in [-0.4, -0.2) is 37.2 Å². The molecule has 0 aliphatic heterocycles. The first-order chi connectivity index (χ1) is 40.5. The first kappa shape index (κ1) is 78.6. The first-order valence-electron chi connectivity index (χ1n) is 35.6. The van der Waals surface area contributed by atoms with Crippen LogP contribution >= 0.6 is 0 Å². The van der Waals surface area contributed by atoms with Crippen molar-refractivity contribution >= 4 is 17.9 Å². The van der Waals surface area contributed by atoms with E-state index >= 15 is 0 Å². The van der Waals surface area contributed by atoms with Crippen molar-refractivity contribution in [3.8, 4) is 0 Å². The Bertz CT molecular complexity index is 1550. The molecule has 82 heavy (non-hydrogen) atoms. The van der Waals surface area contributed by atoms with Crippen LogP contribution in [0, 0.1) is 0 Å². The molecule has 1 atom stereocenters. The Labute approximate surface area is 509 Å². The molecule has 0 aliphatic rings. The van der Waals surface area contributed by atoms with Gasteiger partial charge in [-0.3, -0.25) is 14.4 Å². The number of esters is 3. The summed E-state index contributed by atoms with van der Waals surface area (Å²) in [6.07, 6.45) is 93.3. The lowest BCUT2D eigenvalue weighted by Gasteiger charge is -2.18. The zero-order valence-electron chi connectivity index (χ0n) is 54.5. The van der Waals surface area contributed by atoms with E-state index in [1.807, 2.05) is 0 Å². The van der Waals surface area contributed by atoms with E-state index in [0.29, 0.717) is 19.3 Å². The van der Waals surface area contributed by atoms with E-state index in [2.05, 4.69) is 106 Å². The van der Waals surface area contributed by atoms with Crippen molar-refractivity contribution in [1.82, 2.24) is 0 Å². The first-order valence-corrected chi connectivity index (χ1v) is 35.6. The van der Waals surface area contributed by atoms with Crippen molar-refractivity contribution in [2.45, 2.75) is 367 Å². The molecular formula is C76H134O6. The number of rotatable bonds is 65. The molecule has 0 spiro atoms. The van der Waals surface area contributed by atoms with Crippen molar-refractivity contribution in [3.63, 3.8) is 0 Å². The fourth-order valence-electron chi connectivity index (χ4n) is 10.3. The van der Waals surface area contributed by atoms with Crippen LogP contribution in [0.1, 0.15) is 361 Å². The Kier molecular flexibility index (Phi) is 67.2. The highest BCUT2D eigenvalue weighted by atomic mass is 16.6. The van der Waals surface area contributed by atoms with Crippen molar-refractivity contribution in [2.24, 2.45) is 0 Å². The van der Waals surface area contributed by atoms with E-state index < -0.39 is 6.10 Å². The Morgan fingerprint density at radius 2 is 0.476 bits per heavy atom. The summed E-state index contributed by atoms with van der Waals surface area (Å²) in [6, 6.07) is 0. The minimum absolute atomic E-state index is 0.0765. The smallest absolute Gasteiger partial charge is 0.306 e. The van der Waals surface area contributed by atoms with Crippen LogP contribution in [0.4, 0.5) is 0 Å². The highest BCUT2D eigenvalue weighted by Crippen LogP contribution is 2.17. The summed E-state index contributed by atoms with van der Waals surface area (Å²) in [7, 11) is 0. The number of hydrogen-bond acceptors (Lipinski definition) is 6. The number of carbonyl (C=O) groups excluding carboxylic acids is 3. The van der Waals surface area contributed by atoms with Crippen LogP contribution in [0.5, 0.6) is 0 Å². The molecule has 0 fully saturated rings. The predicted molar refractivity (Wildman–Crippen MR) is 358 cm³/mol. The SMILES string of the molecule is CC/C=C\C/C=C\C/C=C\C/C=C\C/C=C\CCCCCCCCCCCCCCCCCC(=O)OCC(COC(=O)CCCCCCC/C=C\CCCCC)OC(=O)CCCCCCCCCCC/C=C\CCCCCCCCCC. The Morgan fingerprint density at radius 3 is 0.780 bits per heavy atom. The second kappa shape index (κ2) is 70.1. The van der Waals surface area contributed by atoms with Crippen LogP contribution in [0.3, 0.4) is 0 Å². The molecule has 6 heteroatoms. The van der Waals surface area contributed by atoms with Gasteiger partial charge in [0.1, 0.15) is 13.2 Å². The van der Waals surface area contributed by atoms with Gasteiger partial charge < -0.3 is 14.2 Å². The van der Waals surface area contributed by atoms with Gasteiger partial charge in [-0.25, -0.2) is 0 Å². The van der Waals surface area contributed by atoms with E-state index in [4.69, 9.17) is 14.2 Å². The van der Waals surface area contributed by atoms with E-state index in [1.165, 1.54) is 225 Å². The molecule has 474 valence electrons. The molecule has 0 saturated heterocycles. The molecule has 0 aromatic carbocycles. The van der Waals surface area contributed by atoms with E-state index in [9.17, 15) is 14.4 Å². The van der Waals surface area contributed by atoms with Gasteiger partial charge in [-0.05, 0) is 116 Å². The lowest BCUT2D eigenvalue weighted by Crippen LogP contribution is -2.30. The third kappa shape index (κ3) is 67.4. The van der Waals surface area contributed by atoms with Gasteiger partial charge in [0.2, 0.25) is 0 Å². The zero-order chi connectivity index (χ0) is 59.2. The van der Waals surface area contributed by atoms with Gasteiger partial charge in [-0.15, -0.1) is 0 Å². The molecule has 0 rings (SSSR count). The van der Waals surface area contributed by atoms with Crippen molar-refractivity contribution in [3.05, 3.63) is 85.1 Å². The number of hydrogen-bond donors (Lipinski definition) is 0. The minimum atomic E-state index is -0.781. The number of ether oxygens (including phenoxy) is 3. The minimum Gasteiger partial charge on any atom is -0.462 e. The molecule has 0 radical (unpaired) electrons. The fourth-order valence-corrected chi connectivity index (χ4v) is 10.3. The topological polar surface area (TPSA) is 78.9 Å². The highest BCUT2D eigenvalue weighted by Gasteiger charge is 2.19. The monoisotopic (exact) mass is 1140 g/mol. The standard InChI is InChI=1S/C76H134O6/c1-4-7-10-13-16-19-22-25-27-29-31-33-34-35-36-37-38-39-40-41-42-44-45-47-49-51-54-57-60-63-66-69-75(78)81-72-73(71-80-74(77)68-65-62-59-56-53-24-21-18-15-12-9-6-3)82-76(79)70-67-64-61-58-55-52-50-48-46-43-32-30-28-26-23-20-17-14-11-8-5-2/h7,10,16,18-19,21,25,27,30-33,35-36,73H,4-6,8-9,11-15,17,20,22-24,26,28-29,34,37-72H2,1-3H3/b10-7-,19-16-,21-18-,27-25-,32-30-,33-31-,36-35-. The van der Waals surface area contributed by atoms with Gasteiger partial charge in [-0.2, -0.15) is 0 Å². The molecule has 0 aliphatic carbocycles. The summed E-state index contributed by atoms with van der Waals surface area (Å²) in [5.41, 5.74) is 0. The maximum absolute atomic E-state index is 12.9. The maximum Gasteiger partial charge on any atom is 0.306 e. The molecule has 0 saturated carbocycles. The van der Waals surface area contributed by atoms with Crippen molar-refractivity contribution < 1.29 is 28.6 Å². The molecule has 6 nitrogen and oxygen atoms in total. The Morgan fingerprint density at radius 1 is 0.256 bits per heavy atom. The summed E-state index contributed by atoms with van der Waals surface area (Å²) < 4.78 is 17.0. The maximum atomic E-state index is 12.9. The zero-order valence-corrected chi connectivity index (χ0v) is 54.5. The van der Waals surface area contributed by atoms with Gasteiger partial charge in [0, 0.05) is 19.3 Å². The molecule has 0 amide bonds. The number of allylic oxidation sites excluding steroid dienone is 14. The molecule has 0 aromatic rings. The lowest BCUT2D eigenvalue weighted by atomic mass is 10.0. The summed E-state index contributed by atoms with van der Waals surface area (Å²) in [5, 5.41) is 0. The molecule has 0 N–H and O–H groups in total. The second-order valence-electron chi connectivity index (χ2n) is 23.8. The van der Waals surface area contributed by atoms with Crippen LogP contribution in [-0.2, 0) is 28.6 Å². The van der Waals surface area contributed by atoms with Gasteiger partial charge >= 0.3 is 17.9 Å². The lowest BCUT2D eigenvalue weighted by molar-refractivity contribution is -0.167. The van der Waals surface area contributed by atoms with Gasteiger partial charge in [0.05, 0.1) is 0 Å². The molecule has 0 bridgehead atoms. The van der Waals surface area contributed by atoms with Crippen molar-refractivity contribution in [2.75, 3.05) is 13.2 Å². The van der Waals surface area contributed by atoms with E-state index in [0.717, 1.165) is 96.3 Å². The molecule has 1 unspecified atom stereocenters. The van der Waals surface area contributed by atoms with Crippen LogP contribution in [0.15, 0.2) is 85.1 Å². The van der Waals surface area contributed by atoms with E-state index in [-0.39, 0.29) is 31.1 Å². The third-order valence-electron chi connectivity index (χ3n) is 15.6. The third-order valence-corrected chi connectivity index (χ3v) is 15.6. The largest absolute Gasteiger partial charge is 0.462 e. The van der Waals surface area contributed by atoms with Crippen LogP contribution in [0.2, 0.25) is 0 Å². The quantitative estimate of drug-likeness (QED) is 0.0261. The average molecular weight is 1140 g/mol. The number of unbranched alkanes of at least 4 members (excludes halogenated alkanes) is 40. The van der Waals surface area contributed by atoms with Gasteiger partial charge in [0.25, 0.3) is 0 Å². The fraction of sp³-hybridized carbons (Fsp3) is 0.776. The van der Waals surface area contributed by atoms with Crippen LogP contribution in [0.25, 0.3) is 0 Å². The molecule has 0 heterocycles. The van der Waals surface area contributed by atoms with E-state index in [1.54, 1.807) is 0 Å². The summed E-state index contributed by atoms with van der Waals surface area (Å²) in [5.74, 6) is -0.870. The Balaban J connectivity index is 4.20. The summed E-state index contributed by atoms with van der Waals surface area (Å²) >= 11 is 0. The molecule has 0 aromatic heterocycles. The van der Waals surface area contributed by atoms with Gasteiger partial charge in [-0.1, -0.05) is 311 Å². The number of carbonyl (C=O) groups is 3. The highest BCUT2D eigenvalue weighted by molar-refractivity contribution is 5.71. The summed E-state index contributed by atoms with van der Waals surface area (Å²) in [6.45, 7) is 6.54. The van der Waals surface area contributed by atoms with Crippen LogP contribution < -0.4 is 0 Å². The molecular weight excluding hydrogens is 1010 g/mol. The normalized spacial score (nSPS) is 12.6. The van der Waals surface area contributed by atoms with Gasteiger partial charge in [0.15, 0.2) is 6.10 Å². The predicted octanol–water partition coefficient (Wildman–Crippen LogP) is 24.6. The average Bonchev–Trinajstić information content (AvgIpc) is 3.47.